The minimum absolute atomic E-state index is 0.173. The first-order valence-corrected chi connectivity index (χ1v) is 9.16. The molecule has 0 radical (unpaired) electrons. The van der Waals surface area contributed by atoms with Gasteiger partial charge in [0.15, 0.2) is 0 Å². The lowest BCUT2D eigenvalue weighted by molar-refractivity contribution is -0.138. The topological polar surface area (TPSA) is 49.4 Å². The molecule has 0 atom stereocenters. The van der Waals surface area contributed by atoms with E-state index < -0.39 is 0 Å². The predicted molar refractivity (Wildman–Crippen MR) is 103 cm³/mol. The van der Waals surface area contributed by atoms with Crippen molar-refractivity contribution in [1.29, 1.82) is 0 Å². The number of hydrogen-bond donors (Lipinski definition) is 1. The van der Waals surface area contributed by atoms with E-state index in [9.17, 15) is 9.59 Å². The molecule has 0 saturated heterocycles. The Morgan fingerprint density at radius 3 is 2.15 bits per heavy atom. The molecule has 134 valence electrons. The summed E-state index contributed by atoms with van der Waals surface area (Å²) < 4.78 is 0. The van der Waals surface area contributed by atoms with Gasteiger partial charge in [-0.05, 0) is 30.5 Å². The summed E-state index contributed by atoms with van der Waals surface area (Å²) in [5.74, 6) is -0.414. The lowest BCUT2D eigenvalue weighted by Gasteiger charge is -2.15. The second kappa shape index (κ2) is 8.48. The zero-order chi connectivity index (χ0) is 18.4. The van der Waals surface area contributed by atoms with E-state index >= 15 is 0 Å². The number of carbonyl (C=O) groups excluding carboxylic acids is 2. The average molecular weight is 348 g/mol. The third kappa shape index (κ3) is 4.02. The van der Waals surface area contributed by atoms with Gasteiger partial charge in [-0.3, -0.25) is 14.5 Å². The van der Waals surface area contributed by atoms with Crippen molar-refractivity contribution in [2.24, 2.45) is 0 Å². The van der Waals surface area contributed by atoms with Gasteiger partial charge in [-0.1, -0.05) is 68.3 Å². The molecule has 4 heteroatoms. The Balaban J connectivity index is 1.84. The Bertz CT molecular complexity index is 797. The van der Waals surface area contributed by atoms with Gasteiger partial charge in [0.2, 0.25) is 0 Å². The molecule has 0 saturated carbocycles. The second-order valence-corrected chi connectivity index (χ2v) is 6.48. The number of imide groups is 1. The van der Waals surface area contributed by atoms with Gasteiger partial charge in [-0.2, -0.15) is 0 Å². The van der Waals surface area contributed by atoms with E-state index in [0.717, 1.165) is 30.5 Å². The maximum Gasteiger partial charge on any atom is 0.277 e. The van der Waals surface area contributed by atoms with E-state index in [1.54, 1.807) is 0 Å². The summed E-state index contributed by atoms with van der Waals surface area (Å²) in [7, 11) is 0. The van der Waals surface area contributed by atoms with Gasteiger partial charge in [0, 0.05) is 11.3 Å². The van der Waals surface area contributed by atoms with E-state index in [1.807, 2.05) is 60.7 Å². The predicted octanol–water partition coefficient (Wildman–Crippen LogP) is 4.50. The highest BCUT2D eigenvalue weighted by Gasteiger charge is 2.37. The molecule has 0 aliphatic carbocycles. The lowest BCUT2D eigenvalue weighted by atomic mass is 10.1. The molecule has 0 fully saturated rings. The summed E-state index contributed by atoms with van der Waals surface area (Å²) in [5, 5.41) is 3.18. The number of unbranched alkanes of at least 4 members (excludes halogenated alkanes) is 2. The molecular formula is C22H24N2O2. The van der Waals surface area contributed by atoms with E-state index in [2.05, 4.69) is 12.2 Å². The van der Waals surface area contributed by atoms with Crippen LogP contribution in [0.3, 0.4) is 0 Å². The Morgan fingerprint density at radius 2 is 1.50 bits per heavy atom. The lowest BCUT2D eigenvalue weighted by Crippen LogP contribution is -2.32. The Kier molecular flexibility index (Phi) is 5.84. The van der Waals surface area contributed by atoms with Gasteiger partial charge in [-0.15, -0.1) is 0 Å². The van der Waals surface area contributed by atoms with Gasteiger partial charge in [0.1, 0.15) is 5.70 Å². The number of benzene rings is 2. The van der Waals surface area contributed by atoms with E-state index in [4.69, 9.17) is 0 Å². The standard InChI is InChI=1S/C22H24N2O2/c1-2-3-6-15-19-20(23-18-13-9-5-10-14-18)22(26)24(21(19)25)16-17-11-7-4-8-12-17/h4-5,7-14,23H,2-3,6,15-16H2,1H3. The van der Waals surface area contributed by atoms with Crippen LogP contribution in [0.5, 0.6) is 0 Å². The summed E-state index contributed by atoms with van der Waals surface area (Å²) in [4.78, 5) is 27.2. The fourth-order valence-electron chi connectivity index (χ4n) is 3.11. The normalized spacial score (nSPS) is 14.3. The average Bonchev–Trinajstić information content (AvgIpc) is 2.88. The highest BCUT2D eigenvalue weighted by atomic mass is 16.2. The number of nitrogens with one attached hydrogen (secondary N) is 1. The van der Waals surface area contributed by atoms with Gasteiger partial charge in [-0.25, -0.2) is 0 Å². The van der Waals surface area contributed by atoms with Crippen molar-refractivity contribution in [2.45, 2.75) is 39.2 Å². The molecule has 0 spiro atoms. The highest BCUT2D eigenvalue weighted by molar-refractivity contribution is 6.20. The second-order valence-electron chi connectivity index (χ2n) is 6.48. The molecule has 2 aromatic rings. The zero-order valence-electron chi connectivity index (χ0n) is 15.1. The molecule has 1 aliphatic rings. The summed E-state index contributed by atoms with van der Waals surface area (Å²) >= 11 is 0. The largest absolute Gasteiger partial charge is 0.351 e. The maximum atomic E-state index is 13.0. The summed E-state index contributed by atoms with van der Waals surface area (Å²) in [6.45, 7) is 2.43. The molecule has 0 bridgehead atoms. The molecule has 1 aliphatic heterocycles. The summed E-state index contributed by atoms with van der Waals surface area (Å²) in [6.07, 6.45) is 3.65. The molecule has 1 N–H and O–H groups in total. The monoisotopic (exact) mass is 348 g/mol. The molecule has 0 aromatic heterocycles. The molecule has 3 rings (SSSR count). The number of hydrogen-bond acceptors (Lipinski definition) is 3. The first kappa shape index (κ1) is 17.9. The third-order valence-electron chi connectivity index (χ3n) is 4.52. The molecule has 0 unspecified atom stereocenters. The van der Waals surface area contributed by atoms with Crippen LogP contribution < -0.4 is 5.32 Å². The number of amides is 2. The van der Waals surface area contributed by atoms with Gasteiger partial charge >= 0.3 is 0 Å². The smallest absolute Gasteiger partial charge is 0.277 e. The number of anilines is 1. The molecular weight excluding hydrogens is 324 g/mol. The van der Waals surface area contributed by atoms with Crippen LogP contribution in [0.15, 0.2) is 71.9 Å². The van der Waals surface area contributed by atoms with Gasteiger partial charge in [0.25, 0.3) is 11.8 Å². The van der Waals surface area contributed by atoms with Gasteiger partial charge < -0.3 is 5.32 Å². The number of para-hydroxylation sites is 1. The van der Waals surface area contributed by atoms with Crippen molar-refractivity contribution in [3.05, 3.63) is 77.5 Å². The molecule has 2 aromatic carbocycles. The van der Waals surface area contributed by atoms with Crippen molar-refractivity contribution in [3.8, 4) is 0 Å². The summed E-state index contributed by atoms with van der Waals surface area (Å²) in [5.41, 5.74) is 2.79. The van der Waals surface area contributed by atoms with Crippen molar-refractivity contribution in [1.82, 2.24) is 4.90 Å². The molecule has 2 amide bonds. The third-order valence-corrected chi connectivity index (χ3v) is 4.52. The Morgan fingerprint density at radius 1 is 0.846 bits per heavy atom. The number of carbonyl (C=O) groups is 2. The van der Waals surface area contributed by atoms with Crippen LogP contribution in [-0.2, 0) is 16.1 Å². The minimum Gasteiger partial charge on any atom is -0.351 e. The van der Waals surface area contributed by atoms with Crippen LogP contribution in [0, 0.1) is 0 Å². The highest BCUT2D eigenvalue weighted by Crippen LogP contribution is 2.28. The number of rotatable bonds is 8. The van der Waals surface area contributed by atoms with Crippen LogP contribution in [0.1, 0.15) is 38.2 Å². The minimum atomic E-state index is -0.241. The fraction of sp³-hybridized carbons (Fsp3) is 0.273. The van der Waals surface area contributed by atoms with E-state index in [-0.39, 0.29) is 11.8 Å². The Hall–Kier alpha value is -2.88. The van der Waals surface area contributed by atoms with Crippen molar-refractivity contribution >= 4 is 17.5 Å². The first-order valence-electron chi connectivity index (χ1n) is 9.16. The zero-order valence-corrected chi connectivity index (χ0v) is 15.1. The van der Waals surface area contributed by atoms with Crippen LogP contribution in [0.25, 0.3) is 0 Å². The van der Waals surface area contributed by atoms with Crippen LogP contribution in [0.2, 0.25) is 0 Å². The van der Waals surface area contributed by atoms with E-state index in [1.165, 1.54) is 4.90 Å². The van der Waals surface area contributed by atoms with Crippen molar-refractivity contribution < 1.29 is 9.59 Å². The molecule has 4 nitrogen and oxygen atoms in total. The van der Waals surface area contributed by atoms with Crippen LogP contribution in [-0.4, -0.2) is 16.7 Å². The fourth-order valence-corrected chi connectivity index (χ4v) is 3.11. The quantitative estimate of drug-likeness (QED) is 0.564. The molecule has 26 heavy (non-hydrogen) atoms. The number of nitrogens with zero attached hydrogens (tertiary/aromatic N) is 1. The van der Waals surface area contributed by atoms with Crippen LogP contribution in [0.4, 0.5) is 5.69 Å². The first-order chi connectivity index (χ1) is 12.7. The maximum absolute atomic E-state index is 13.0. The van der Waals surface area contributed by atoms with E-state index in [0.29, 0.717) is 24.2 Å². The van der Waals surface area contributed by atoms with Crippen LogP contribution >= 0.6 is 0 Å². The Labute approximate surface area is 154 Å². The summed E-state index contributed by atoms with van der Waals surface area (Å²) in [6, 6.07) is 19.1. The van der Waals surface area contributed by atoms with Crippen molar-refractivity contribution in [2.75, 3.05) is 5.32 Å². The SMILES string of the molecule is CCCCCC1=C(Nc2ccccc2)C(=O)N(Cc2ccccc2)C1=O. The molecule has 1 heterocycles. The van der Waals surface area contributed by atoms with Gasteiger partial charge in [0.05, 0.1) is 6.54 Å². The van der Waals surface area contributed by atoms with Crippen molar-refractivity contribution in [3.63, 3.8) is 0 Å².